The average molecular weight is 275 g/mol. The van der Waals surface area contributed by atoms with E-state index in [0.29, 0.717) is 23.9 Å². The van der Waals surface area contributed by atoms with Crippen LogP contribution in [0.1, 0.15) is 6.92 Å². The molecule has 0 bridgehead atoms. The number of anilines is 2. The summed E-state index contributed by atoms with van der Waals surface area (Å²) in [5.74, 6) is 0.899. The fraction of sp³-hybridized carbons (Fsp3) is 0.286. The van der Waals surface area contributed by atoms with Crippen molar-refractivity contribution >= 4 is 28.2 Å². The first-order chi connectivity index (χ1) is 9.67. The maximum Gasteiger partial charge on any atom is 0.325 e. The highest BCUT2D eigenvalue weighted by Gasteiger charge is 2.11. The Morgan fingerprint density at radius 3 is 2.90 bits per heavy atom. The van der Waals surface area contributed by atoms with Gasteiger partial charge in [-0.15, -0.1) is 0 Å². The maximum atomic E-state index is 11.4. The normalized spacial score (nSPS) is 10.3. The number of methoxy groups -OCH3 is 1. The van der Waals surface area contributed by atoms with Crippen molar-refractivity contribution in [3.05, 3.63) is 24.4 Å². The molecule has 0 aliphatic rings. The van der Waals surface area contributed by atoms with Gasteiger partial charge in [-0.1, -0.05) is 0 Å². The average Bonchev–Trinajstić information content (AvgIpc) is 2.46. The van der Waals surface area contributed by atoms with Crippen LogP contribution in [0.2, 0.25) is 0 Å². The topological polar surface area (TPSA) is 86.5 Å². The molecule has 1 aromatic carbocycles. The van der Waals surface area contributed by atoms with Gasteiger partial charge in [-0.2, -0.15) is 0 Å². The van der Waals surface area contributed by atoms with Gasteiger partial charge in [0.2, 0.25) is 0 Å². The second-order valence-electron chi connectivity index (χ2n) is 4.10. The van der Waals surface area contributed by atoms with Crippen LogP contribution in [0, 0.1) is 0 Å². The number of ether oxygens (including phenoxy) is 2. The summed E-state index contributed by atoms with van der Waals surface area (Å²) >= 11 is 0. The molecule has 0 saturated carbocycles. The molecular formula is C14H17N3O3. The summed E-state index contributed by atoms with van der Waals surface area (Å²) in [5.41, 5.74) is 6.56. The maximum absolute atomic E-state index is 11.4. The van der Waals surface area contributed by atoms with Gasteiger partial charge in [0.15, 0.2) is 0 Å². The van der Waals surface area contributed by atoms with Crippen molar-refractivity contribution in [2.45, 2.75) is 6.92 Å². The van der Waals surface area contributed by atoms with E-state index in [-0.39, 0.29) is 12.5 Å². The second-order valence-corrected chi connectivity index (χ2v) is 4.10. The number of hydrogen-bond acceptors (Lipinski definition) is 6. The molecule has 0 saturated heterocycles. The van der Waals surface area contributed by atoms with Crippen LogP contribution in [-0.2, 0) is 9.53 Å². The molecule has 6 heteroatoms. The number of benzene rings is 1. The van der Waals surface area contributed by atoms with Crippen LogP contribution in [0.4, 0.5) is 11.5 Å². The number of hydrogen-bond donors (Lipinski definition) is 2. The van der Waals surface area contributed by atoms with E-state index in [9.17, 15) is 4.79 Å². The number of nitrogens with two attached hydrogens (primary N) is 1. The van der Waals surface area contributed by atoms with E-state index >= 15 is 0 Å². The predicted octanol–water partition coefficient (Wildman–Crippen LogP) is 1.80. The zero-order chi connectivity index (χ0) is 14.5. The third-order valence-corrected chi connectivity index (χ3v) is 2.84. The van der Waals surface area contributed by atoms with Crippen LogP contribution in [0.5, 0.6) is 5.75 Å². The lowest BCUT2D eigenvalue weighted by atomic mass is 10.1. The summed E-state index contributed by atoms with van der Waals surface area (Å²) in [6.07, 6.45) is 1.64. The number of nitrogens with zero attached hydrogens (tertiary/aromatic N) is 1. The summed E-state index contributed by atoms with van der Waals surface area (Å²) < 4.78 is 10.2. The Morgan fingerprint density at radius 2 is 2.20 bits per heavy atom. The van der Waals surface area contributed by atoms with Crippen LogP contribution in [-0.4, -0.2) is 31.2 Å². The van der Waals surface area contributed by atoms with Gasteiger partial charge in [0.25, 0.3) is 0 Å². The number of esters is 1. The molecule has 106 valence electrons. The number of rotatable bonds is 5. The zero-order valence-corrected chi connectivity index (χ0v) is 11.5. The standard InChI is InChI=1S/C14H17N3O3/c1-3-20-12(18)8-17-14-13-9(6-7-16-14)11(19-2)5-4-10(13)15/h4-7H,3,8,15H2,1-2H3,(H,16,17). The Morgan fingerprint density at radius 1 is 1.40 bits per heavy atom. The van der Waals surface area contributed by atoms with Crippen molar-refractivity contribution in [1.29, 1.82) is 0 Å². The monoisotopic (exact) mass is 275 g/mol. The molecule has 0 unspecified atom stereocenters. The minimum atomic E-state index is -0.340. The lowest BCUT2D eigenvalue weighted by Gasteiger charge is -2.12. The highest BCUT2D eigenvalue weighted by atomic mass is 16.5. The molecule has 2 rings (SSSR count). The summed E-state index contributed by atoms with van der Waals surface area (Å²) in [6, 6.07) is 5.37. The van der Waals surface area contributed by atoms with Gasteiger partial charge in [-0.25, -0.2) is 4.98 Å². The van der Waals surface area contributed by atoms with Crippen molar-refractivity contribution in [3.8, 4) is 5.75 Å². The van der Waals surface area contributed by atoms with Crippen LogP contribution < -0.4 is 15.8 Å². The lowest BCUT2D eigenvalue weighted by molar-refractivity contribution is -0.140. The Bertz CT molecular complexity index is 628. The molecule has 2 aromatic rings. The smallest absolute Gasteiger partial charge is 0.325 e. The second kappa shape index (κ2) is 6.10. The van der Waals surface area contributed by atoms with E-state index < -0.39 is 0 Å². The number of nitrogen functional groups attached to an aromatic ring is 1. The molecular weight excluding hydrogens is 258 g/mol. The number of aromatic nitrogens is 1. The van der Waals surface area contributed by atoms with Crippen molar-refractivity contribution in [3.63, 3.8) is 0 Å². The first-order valence-electron chi connectivity index (χ1n) is 6.28. The van der Waals surface area contributed by atoms with Gasteiger partial charge in [0.05, 0.1) is 19.1 Å². The van der Waals surface area contributed by atoms with Crippen molar-refractivity contribution in [1.82, 2.24) is 4.98 Å². The largest absolute Gasteiger partial charge is 0.496 e. The van der Waals surface area contributed by atoms with Crippen LogP contribution in [0.3, 0.4) is 0 Å². The highest BCUT2D eigenvalue weighted by molar-refractivity contribution is 6.04. The van der Waals surface area contributed by atoms with Gasteiger partial charge in [-0.3, -0.25) is 4.79 Å². The zero-order valence-electron chi connectivity index (χ0n) is 11.5. The Balaban J connectivity index is 2.36. The molecule has 1 heterocycles. The molecule has 3 N–H and O–H groups in total. The predicted molar refractivity (Wildman–Crippen MR) is 77.8 cm³/mol. The number of carbonyl (C=O) groups is 1. The molecule has 0 atom stereocenters. The fourth-order valence-corrected chi connectivity index (χ4v) is 1.98. The number of carbonyl (C=O) groups excluding carboxylic acids is 1. The van der Waals surface area contributed by atoms with Gasteiger partial charge < -0.3 is 20.5 Å². The Kier molecular flexibility index (Phi) is 4.24. The van der Waals surface area contributed by atoms with E-state index in [1.807, 2.05) is 6.07 Å². The number of pyridine rings is 1. The third kappa shape index (κ3) is 2.74. The van der Waals surface area contributed by atoms with Crippen molar-refractivity contribution < 1.29 is 14.3 Å². The minimum Gasteiger partial charge on any atom is -0.496 e. The minimum absolute atomic E-state index is 0.0383. The van der Waals surface area contributed by atoms with Gasteiger partial charge >= 0.3 is 5.97 Å². The quantitative estimate of drug-likeness (QED) is 0.639. The first-order valence-corrected chi connectivity index (χ1v) is 6.28. The first kappa shape index (κ1) is 13.9. The van der Waals surface area contributed by atoms with Crippen LogP contribution >= 0.6 is 0 Å². The van der Waals surface area contributed by atoms with Crippen molar-refractivity contribution in [2.24, 2.45) is 0 Å². The summed E-state index contributed by atoms with van der Waals surface area (Å²) in [4.78, 5) is 15.6. The molecule has 0 aliphatic carbocycles. The number of nitrogens with one attached hydrogen (secondary N) is 1. The van der Waals surface area contributed by atoms with E-state index in [2.05, 4.69) is 10.3 Å². The van der Waals surface area contributed by atoms with E-state index in [1.165, 1.54) is 0 Å². The molecule has 0 amide bonds. The van der Waals surface area contributed by atoms with Gasteiger partial charge in [0, 0.05) is 17.3 Å². The van der Waals surface area contributed by atoms with E-state index in [4.69, 9.17) is 15.2 Å². The molecule has 6 nitrogen and oxygen atoms in total. The summed E-state index contributed by atoms with van der Waals surface area (Å²) in [5, 5.41) is 4.52. The molecule has 0 radical (unpaired) electrons. The summed E-state index contributed by atoms with van der Waals surface area (Å²) in [6.45, 7) is 2.15. The lowest BCUT2D eigenvalue weighted by Crippen LogP contribution is -2.17. The van der Waals surface area contributed by atoms with Gasteiger partial charge in [0.1, 0.15) is 18.1 Å². The molecule has 1 aromatic heterocycles. The number of fused-ring (bicyclic) bond motifs is 1. The summed E-state index contributed by atoms with van der Waals surface area (Å²) in [7, 11) is 1.59. The van der Waals surface area contributed by atoms with E-state index in [1.54, 1.807) is 32.4 Å². The fourth-order valence-electron chi connectivity index (χ4n) is 1.98. The molecule has 20 heavy (non-hydrogen) atoms. The SMILES string of the molecule is CCOC(=O)CNc1nccc2c(OC)ccc(N)c12. The van der Waals surface area contributed by atoms with Crippen LogP contribution in [0.25, 0.3) is 10.8 Å². The third-order valence-electron chi connectivity index (χ3n) is 2.84. The Hall–Kier alpha value is -2.50. The van der Waals surface area contributed by atoms with Crippen molar-refractivity contribution in [2.75, 3.05) is 31.3 Å². The highest BCUT2D eigenvalue weighted by Crippen LogP contribution is 2.33. The molecule has 0 spiro atoms. The molecule has 0 aliphatic heterocycles. The van der Waals surface area contributed by atoms with Gasteiger partial charge in [-0.05, 0) is 25.1 Å². The van der Waals surface area contributed by atoms with Crippen LogP contribution in [0.15, 0.2) is 24.4 Å². The van der Waals surface area contributed by atoms with E-state index in [0.717, 1.165) is 10.8 Å². The Labute approximate surface area is 116 Å². The molecule has 0 fully saturated rings.